The zero-order valence-electron chi connectivity index (χ0n) is 16.2. The Morgan fingerprint density at radius 3 is 2.48 bits per heavy atom. The fraction of sp³-hybridized carbons (Fsp3) is 0.579. The Balaban J connectivity index is 1.84. The first-order valence-corrected chi connectivity index (χ1v) is 10.2. The molecule has 8 heteroatoms. The van der Waals surface area contributed by atoms with Crippen LogP contribution >= 0.6 is 0 Å². The molecule has 1 heterocycles. The summed E-state index contributed by atoms with van der Waals surface area (Å²) in [5.41, 5.74) is 1.75. The lowest BCUT2D eigenvalue weighted by atomic mass is 10.1. The van der Waals surface area contributed by atoms with Gasteiger partial charge in [0, 0.05) is 7.11 Å². The summed E-state index contributed by atoms with van der Waals surface area (Å²) in [6, 6.07) is 6.52. The van der Waals surface area contributed by atoms with Crippen LogP contribution in [-0.4, -0.2) is 52.5 Å². The first-order chi connectivity index (χ1) is 12.6. The average molecular weight is 398 g/mol. The van der Waals surface area contributed by atoms with E-state index in [9.17, 15) is 8.42 Å². The van der Waals surface area contributed by atoms with Crippen LogP contribution < -0.4 is 0 Å². The highest BCUT2D eigenvalue weighted by Crippen LogP contribution is 2.41. The van der Waals surface area contributed by atoms with Crippen LogP contribution in [0.15, 0.2) is 40.8 Å². The van der Waals surface area contributed by atoms with Crippen LogP contribution in [0.2, 0.25) is 0 Å². The van der Waals surface area contributed by atoms with Crippen LogP contribution in [0.25, 0.3) is 0 Å². The standard InChI is InChI=1S/C19H26O7S/c1-12-6-8-14(9-7-12)27(20,21)26-16-10-15(13(2)23-11-22-5)17-18(16)25-19(3,4)24-17/h6-10,13,16-18H,11H2,1-5H3/t13-,16+,17-,18+/m1/s1. The SMILES string of the molecule is COCO[C@H](C)C1=C[C@H](OS(=O)(=O)c2ccc(C)cc2)[C@@H]2OC(C)(C)O[C@H]12. The number of aryl methyl sites for hydroxylation is 1. The molecule has 7 nitrogen and oxygen atoms in total. The monoisotopic (exact) mass is 398 g/mol. The van der Waals surface area contributed by atoms with Gasteiger partial charge < -0.3 is 18.9 Å². The largest absolute Gasteiger partial charge is 0.359 e. The maximum atomic E-state index is 12.7. The van der Waals surface area contributed by atoms with E-state index < -0.39 is 34.2 Å². The maximum absolute atomic E-state index is 12.7. The van der Waals surface area contributed by atoms with Crippen molar-refractivity contribution in [1.29, 1.82) is 0 Å². The number of methoxy groups -OCH3 is 1. The molecule has 0 N–H and O–H groups in total. The van der Waals surface area contributed by atoms with Gasteiger partial charge in [-0.2, -0.15) is 8.42 Å². The summed E-state index contributed by atoms with van der Waals surface area (Å²) in [5, 5.41) is 0. The van der Waals surface area contributed by atoms with Crippen molar-refractivity contribution in [1.82, 2.24) is 0 Å². The number of benzene rings is 1. The Hall–Kier alpha value is -1.29. The molecule has 0 saturated carbocycles. The Bertz CT molecular complexity index is 798. The Morgan fingerprint density at radius 1 is 1.19 bits per heavy atom. The number of fused-ring (bicyclic) bond motifs is 1. The van der Waals surface area contributed by atoms with Crippen molar-refractivity contribution in [3.8, 4) is 0 Å². The number of rotatable bonds is 7. The molecule has 2 aliphatic rings. The van der Waals surface area contributed by atoms with Gasteiger partial charge in [-0.3, -0.25) is 4.18 Å². The van der Waals surface area contributed by atoms with E-state index in [0.29, 0.717) is 0 Å². The van der Waals surface area contributed by atoms with E-state index >= 15 is 0 Å². The molecule has 1 saturated heterocycles. The van der Waals surface area contributed by atoms with Crippen molar-refractivity contribution >= 4 is 10.1 Å². The zero-order valence-corrected chi connectivity index (χ0v) is 17.0. The van der Waals surface area contributed by atoms with Gasteiger partial charge in [-0.05, 0) is 51.5 Å². The lowest BCUT2D eigenvalue weighted by Gasteiger charge is -2.21. The minimum Gasteiger partial charge on any atom is -0.359 e. The molecule has 1 aromatic rings. The van der Waals surface area contributed by atoms with Gasteiger partial charge in [0.05, 0.1) is 11.0 Å². The van der Waals surface area contributed by atoms with Crippen LogP contribution in [0.3, 0.4) is 0 Å². The summed E-state index contributed by atoms with van der Waals surface area (Å²) < 4.78 is 53.4. The predicted octanol–water partition coefficient (Wildman–Crippen LogP) is 2.54. The molecule has 0 radical (unpaired) electrons. The summed E-state index contributed by atoms with van der Waals surface area (Å²) >= 11 is 0. The van der Waals surface area contributed by atoms with Gasteiger partial charge >= 0.3 is 0 Å². The molecule has 4 atom stereocenters. The lowest BCUT2D eigenvalue weighted by molar-refractivity contribution is -0.152. The molecule has 0 bridgehead atoms. The number of hydrogen-bond acceptors (Lipinski definition) is 7. The minimum absolute atomic E-state index is 0.105. The molecule has 0 spiro atoms. The smallest absolute Gasteiger partial charge is 0.297 e. The van der Waals surface area contributed by atoms with E-state index in [4.69, 9.17) is 23.1 Å². The molecule has 27 heavy (non-hydrogen) atoms. The van der Waals surface area contributed by atoms with Gasteiger partial charge in [0.25, 0.3) is 10.1 Å². The third-order valence-corrected chi connectivity index (χ3v) is 5.92. The quantitative estimate of drug-likeness (QED) is 0.397. The van der Waals surface area contributed by atoms with Gasteiger partial charge in [0.15, 0.2) is 5.79 Å². The second kappa shape index (κ2) is 7.62. The molecule has 150 valence electrons. The van der Waals surface area contributed by atoms with Gasteiger partial charge in [-0.15, -0.1) is 0 Å². The van der Waals surface area contributed by atoms with E-state index in [1.807, 2.05) is 13.8 Å². The molecule has 0 unspecified atom stereocenters. The number of hydrogen-bond donors (Lipinski definition) is 0. The molecule has 1 fully saturated rings. The van der Waals surface area contributed by atoms with Gasteiger partial charge in [-0.1, -0.05) is 17.7 Å². The van der Waals surface area contributed by atoms with Gasteiger partial charge in [0.2, 0.25) is 0 Å². The van der Waals surface area contributed by atoms with Crippen LogP contribution in [0.4, 0.5) is 0 Å². The fourth-order valence-corrected chi connectivity index (χ4v) is 4.33. The van der Waals surface area contributed by atoms with Crippen LogP contribution in [0.5, 0.6) is 0 Å². The highest BCUT2D eigenvalue weighted by Gasteiger charge is 2.52. The van der Waals surface area contributed by atoms with E-state index in [1.54, 1.807) is 32.1 Å². The summed E-state index contributed by atoms with van der Waals surface area (Å²) in [6.07, 6.45) is -0.414. The van der Waals surface area contributed by atoms with Crippen LogP contribution in [0.1, 0.15) is 26.3 Å². The maximum Gasteiger partial charge on any atom is 0.297 e. The summed E-state index contributed by atoms with van der Waals surface area (Å²) in [7, 11) is -2.41. The van der Waals surface area contributed by atoms with E-state index in [2.05, 4.69) is 0 Å². The van der Waals surface area contributed by atoms with Crippen LogP contribution in [-0.2, 0) is 33.2 Å². The molecule has 0 aromatic heterocycles. The Morgan fingerprint density at radius 2 is 1.85 bits per heavy atom. The summed E-state index contributed by atoms with van der Waals surface area (Å²) in [4.78, 5) is 0.105. The average Bonchev–Trinajstić information content (AvgIpc) is 3.06. The molecule has 1 aromatic carbocycles. The molecule has 0 amide bonds. The van der Waals surface area contributed by atoms with Crippen molar-refractivity contribution in [2.75, 3.05) is 13.9 Å². The van der Waals surface area contributed by atoms with Crippen molar-refractivity contribution in [2.45, 2.75) is 62.8 Å². The first-order valence-electron chi connectivity index (χ1n) is 8.81. The molecule has 1 aliphatic heterocycles. The second-order valence-electron chi connectivity index (χ2n) is 7.23. The van der Waals surface area contributed by atoms with Gasteiger partial charge in [-0.25, -0.2) is 0 Å². The third kappa shape index (κ3) is 4.42. The summed E-state index contributed by atoms with van der Waals surface area (Å²) in [5.74, 6) is -0.842. The topological polar surface area (TPSA) is 80.3 Å². The highest BCUT2D eigenvalue weighted by atomic mass is 32.2. The van der Waals surface area contributed by atoms with Crippen molar-refractivity contribution < 1.29 is 31.5 Å². The third-order valence-electron chi connectivity index (χ3n) is 4.59. The normalized spacial score (nSPS) is 28.0. The summed E-state index contributed by atoms with van der Waals surface area (Å²) in [6.45, 7) is 7.44. The van der Waals surface area contributed by atoms with Crippen molar-refractivity contribution in [2.24, 2.45) is 0 Å². The molecular formula is C19H26O7S. The van der Waals surface area contributed by atoms with E-state index in [-0.39, 0.29) is 17.8 Å². The van der Waals surface area contributed by atoms with E-state index in [0.717, 1.165) is 11.1 Å². The lowest BCUT2D eigenvalue weighted by Crippen LogP contribution is -2.34. The minimum atomic E-state index is -3.95. The zero-order chi connectivity index (χ0) is 19.8. The first kappa shape index (κ1) is 20.4. The predicted molar refractivity (Wildman–Crippen MR) is 97.6 cm³/mol. The molecule has 3 rings (SSSR count). The molecular weight excluding hydrogens is 372 g/mol. The van der Waals surface area contributed by atoms with Crippen molar-refractivity contribution in [3.63, 3.8) is 0 Å². The highest BCUT2D eigenvalue weighted by molar-refractivity contribution is 7.86. The Kier molecular flexibility index (Phi) is 5.77. The van der Waals surface area contributed by atoms with Gasteiger partial charge in [0.1, 0.15) is 25.1 Å². The second-order valence-corrected chi connectivity index (χ2v) is 8.80. The fourth-order valence-electron chi connectivity index (χ4n) is 3.29. The number of ether oxygens (including phenoxy) is 4. The Labute approximate surface area is 160 Å². The van der Waals surface area contributed by atoms with Crippen LogP contribution in [0, 0.1) is 6.92 Å². The van der Waals surface area contributed by atoms with E-state index in [1.165, 1.54) is 19.2 Å². The van der Waals surface area contributed by atoms with Crippen molar-refractivity contribution in [3.05, 3.63) is 41.5 Å². The molecule has 1 aliphatic carbocycles.